The highest BCUT2D eigenvalue weighted by atomic mass is 32.2. The first-order chi connectivity index (χ1) is 11.5. The number of rotatable bonds is 6. The van der Waals surface area contributed by atoms with Crippen LogP contribution < -0.4 is 10.9 Å². The summed E-state index contributed by atoms with van der Waals surface area (Å²) in [5.41, 5.74) is 0.597. The van der Waals surface area contributed by atoms with Crippen molar-refractivity contribution in [2.45, 2.75) is 30.4 Å². The molecule has 6 nitrogen and oxygen atoms in total. The lowest BCUT2D eigenvalue weighted by molar-refractivity contribution is 0.687. The summed E-state index contributed by atoms with van der Waals surface area (Å²) in [6, 6.07) is 7.35. The number of nitrogens with one attached hydrogen (secondary N) is 2. The van der Waals surface area contributed by atoms with E-state index in [1.807, 2.05) is 25.1 Å². The SMILES string of the molecule is CC(C)CNc1nnc(S[C@@H](C)c2nc3ccccc3c(=O)[nH]2)s1. The first-order valence-electron chi connectivity index (χ1n) is 7.76. The van der Waals surface area contributed by atoms with Crippen LogP contribution in [0.5, 0.6) is 0 Å². The van der Waals surface area contributed by atoms with Crippen molar-refractivity contribution in [1.29, 1.82) is 0 Å². The van der Waals surface area contributed by atoms with Gasteiger partial charge in [-0.05, 0) is 25.0 Å². The summed E-state index contributed by atoms with van der Waals surface area (Å²) < 4.78 is 0.851. The summed E-state index contributed by atoms with van der Waals surface area (Å²) in [5, 5.41) is 13.0. The zero-order valence-electron chi connectivity index (χ0n) is 13.7. The number of hydrogen-bond acceptors (Lipinski definition) is 7. The number of H-pyrrole nitrogens is 1. The Morgan fingerprint density at radius 2 is 2.04 bits per heavy atom. The fourth-order valence-corrected chi connectivity index (χ4v) is 4.08. The van der Waals surface area contributed by atoms with Gasteiger partial charge in [-0.3, -0.25) is 4.79 Å². The summed E-state index contributed by atoms with van der Waals surface area (Å²) in [7, 11) is 0. The van der Waals surface area contributed by atoms with E-state index >= 15 is 0 Å². The summed E-state index contributed by atoms with van der Waals surface area (Å²) in [6.07, 6.45) is 0. The molecule has 0 aliphatic heterocycles. The van der Waals surface area contributed by atoms with Crippen molar-refractivity contribution in [3.8, 4) is 0 Å². The van der Waals surface area contributed by atoms with E-state index < -0.39 is 0 Å². The molecule has 0 amide bonds. The molecular weight excluding hydrogens is 342 g/mol. The molecule has 0 aliphatic carbocycles. The third-order valence-corrected chi connectivity index (χ3v) is 5.44. The lowest BCUT2D eigenvalue weighted by atomic mass is 10.2. The number of aromatic amines is 1. The molecule has 24 heavy (non-hydrogen) atoms. The number of nitrogens with zero attached hydrogens (tertiary/aromatic N) is 3. The van der Waals surface area contributed by atoms with E-state index in [-0.39, 0.29) is 10.8 Å². The van der Waals surface area contributed by atoms with E-state index in [1.165, 1.54) is 11.3 Å². The average Bonchev–Trinajstić information content (AvgIpc) is 3.00. The number of para-hydroxylation sites is 1. The van der Waals surface area contributed by atoms with Crippen molar-refractivity contribution >= 4 is 39.1 Å². The minimum Gasteiger partial charge on any atom is -0.360 e. The Labute approximate surface area is 148 Å². The molecule has 0 saturated carbocycles. The minimum atomic E-state index is -0.111. The fourth-order valence-electron chi connectivity index (χ4n) is 2.12. The Hall–Kier alpha value is -1.93. The molecule has 0 aliphatic rings. The maximum atomic E-state index is 12.2. The first-order valence-corrected chi connectivity index (χ1v) is 9.45. The molecule has 3 aromatic rings. The maximum Gasteiger partial charge on any atom is 0.258 e. The van der Waals surface area contributed by atoms with Crippen molar-refractivity contribution in [1.82, 2.24) is 20.2 Å². The normalized spacial score (nSPS) is 12.7. The van der Waals surface area contributed by atoms with Crippen LogP contribution in [0, 0.1) is 5.92 Å². The highest BCUT2D eigenvalue weighted by Crippen LogP contribution is 2.36. The molecule has 0 unspecified atom stereocenters. The van der Waals surface area contributed by atoms with Gasteiger partial charge in [-0.15, -0.1) is 10.2 Å². The topological polar surface area (TPSA) is 83.6 Å². The molecule has 2 heterocycles. The van der Waals surface area contributed by atoms with Crippen LogP contribution in [0.1, 0.15) is 31.8 Å². The molecule has 0 bridgehead atoms. The van der Waals surface area contributed by atoms with Gasteiger partial charge in [0.2, 0.25) is 5.13 Å². The largest absolute Gasteiger partial charge is 0.360 e. The second-order valence-corrected chi connectivity index (χ2v) is 8.44. The third-order valence-electron chi connectivity index (χ3n) is 3.36. The summed E-state index contributed by atoms with van der Waals surface area (Å²) in [5.74, 6) is 1.20. The summed E-state index contributed by atoms with van der Waals surface area (Å²) >= 11 is 3.06. The van der Waals surface area contributed by atoms with Crippen LogP contribution in [0.4, 0.5) is 5.13 Å². The van der Waals surface area contributed by atoms with Gasteiger partial charge in [0.1, 0.15) is 5.82 Å². The van der Waals surface area contributed by atoms with Crippen molar-refractivity contribution in [2.24, 2.45) is 5.92 Å². The van der Waals surface area contributed by atoms with E-state index in [9.17, 15) is 4.79 Å². The van der Waals surface area contributed by atoms with E-state index in [1.54, 1.807) is 17.8 Å². The third kappa shape index (κ3) is 3.93. The predicted octanol–water partition coefficient (Wildman–Crippen LogP) is 3.70. The molecule has 0 radical (unpaired) electrons. The van der Waals surface area contributed by atoms with Crippen molar-refractivity contribution in [3.63, 3.8) is 0 Å². The van der Waals surface area contributed by atoms with Gasteiger partial charge >= 0.3 is 0 Å². The van der Waals surface area contributed by atoms with Gasteiger partial charge in [0.15, 0.2) is 4.34 Å². The molecule has 0 fully saturated rings. The maximum absolute atomic E-state index is 12.2. The van der Waals surface area contributed by atoms with Gasteiger partial charge in [0.05, 0.1) is 16.2 Å². The Bertz CT molecular complexity index is 889. The van der Waals surface area contributed by atoms with Crippen molar-refractivity contribution in [3.05, 3.63) is 40.4 Å². The molecule has 0 saturated heterocycles. The smallest absolute Gasteiger partial charge is 0.258 e. The number of fused-ring (bicyclic) bond motifs is 1. The summed E-state index contributed by atoms with van der Waals surface area (Å²) in [6.45, 7) is 7.16. The zero-order chi connectivity index (χ0) is 17.1. The monoisotopic (exact) mass is 361 g/mol. The summed E-state index contributed by atoms with van der Waals surface area (Å²) in [4.78, 5) is 19.6. The first kappa shape index (κ1) is 16.9. The van der Waals surface area contributed by atoms with Gasteiger partial charge < -0.3 is 10.3 Å². The predicted molar refractivity (Wildman–Crippen MR) is 99.9 cm³/mol. The number of benzene rings is 1. The number of hydrogen-bond donors (Lipinski definition) is 2. The van der Waals surface area contributed by atoms with Gasteiger partial charge in [-0.2, -0.15) is 0 Å². The number of thioether (sulfide) groups is 1. The lowest BCUT2D eigenvalue weighted by Crippen LogP contribution is -2.12. The standard InChI is InChI=1S/C16H19N5OS2/c1-9(2)8-17-15-20-21-16(24-15)23-10(3)13-18-12-7-5-4-6-11(12)14(22)19-13/h4-7,9-10H,8H2,1-3H3,(H,17,20)(H,18,19,22)/t10-/m0/s1. The highest BCUT2D eigenvalue weighted by Gasteiger charge is 2.15. The average molecular weight is 361 g/mol. The second-order valence-electron chi connectivity index (χ2n) is 5.88. The number of aromatic nitrogens is 4. The van der Waals surface area contributed by atoms with Gasteiger partial charge in [-0.25, -0.2) is 4.98 Å². The Balaban J connectivity index is 1.75. The fraction of sp³-hybridized carbons (Fsp3) is 0.375. The Morgan fingerprint density at radius 1 is 1.25 bits per heavy atom. The quantitative estimate of drug-likeness (QED) is 0.651. The Kier molecular flexibility index (Phi) is 5.15. The molecule has 8 heteroatoms. The van der Waals surface area contributed by atoms with E-state index in [0.717, 1.165) is 16.0 Å². The second kappa shape index (κ2) is 7.31. The van der Waals surface area contributed by atoms with E-state index in [0.29, 0.717) is 22.6 Å². The molecule has 3 rings (SSSR count). The molecule has 126 valence electrons. The molecule has 1 aromatic carbocycles. The van der Waals surface area contributed by atoms with Crippen molar-refractivity contribution in [2.75, 3.05) is 11.9 Å². The Morgan fingerprint density at radius 3 is 2.83 bits per heavy atom. The van der Waals surface area contributed by atoms with Gasteiger partial charge in [-0.1, -0.05) is 49.1 Å². The van der Waals surface area contributed by atoms with Crippen LogP contribution >= 0.6 is 23.1 Å². The van der Waals surface area contributed by atoms with Crippen LogP contribution in [0.3, 0.4) is 0 Å². The highest BCUT2D eigenvalue weighted by molar-refractivity contribution is 8.01. The van der Waals surface area contributed by atoms with Crippen LogP contribution in [-0.2, 0) is 0 Å². The molecule has 1 atom stereocenters. The van der Waals surface area contributed by atoms with E-state index in [2.05, 4.69) is 39.3 Å². The molecule has 0 spiro atoms. The van der Waals surface area contributed by atoms with Crippen LogP contribution in [-0.4, -0.2) is 26.7 Å². The minimum absolute atomic E-state index is 0.0202. The van der Waals surface area contributed by atoms with Crippen LogP contribution in [0.25, 0.3) is 10.9 Å². The van der Waals surface area contributed by atoms with E-state index in [4.69, 9.17) is 0 Å². The number of anilines is 1. The van der Waals surface area contributed by atoms with Crippen LogP contribution in [0.2, 0.25) is 0 Å². The van der Waals surface area contributed by atoms with Crippen LogP contribution in [0.15, 0.2) is 33.4 Å². The zero-order valence-corrected chi connectivity index (χ0v) is 15.4. The molecule has 2 N–H and O–H groups in total. The van der Waals surface area contributed by atoms with Gasteiger partial charge in [0, 0.05) is 6.54 Å². The molecule has 2 aromatic heterocycles. The van der Waals surface area contributed by atoms with Gasteiger partial charge in [0.25, 0.3) is 5.56 Å². The van der Waals surface area contributed by atoms with Crippen molar-refractivity contribution < 1.29 is 0 Å². The lowest BCUT2D eigenvalue weighted by Gasteiger charge is -2.09. The molecular formula is C16H19N5OS2.